The number of rotatable bonds is 3. The summed E-state index contributed by atoms with van der Waals surface area (Å²) in [5.41, 5.74) is 2.96. The van der Waals surface area contributed by atoms with Crippen molar-refractivity contribution in [1.29, 1.82) is 0 Å². The first kappa shape index (κ1) is 15.7. The molecule has 4 heteroatoms. The molecule has 1 N–H and O–H groups in total. The third-order valence-electron chi connectivity index (χ3n) is 6.70. The largest absolute Gasteiger partial charge is 0.455 e. The number of furan rings is 1. The van der Waals surface area contributed by atoms with E-state index in [-0.39, 0.29) is 0 Å². The Kier molecular flexibility index (Phi) is 3.60. The highest BCUT2D eigenvalue weighted by Crippen LogP contribution is 2.61. The molecule has 3 nitrogen and oxygen atoms in total. The van der Waals surface area contributed by atoms with Gasteiger partial charge < -0.3 is 9.62 Å². The SMILES string of the molecule is O/N=C/c1ccc(-c2ccc(C34CC5CC(CC(C5)C3)C4)cc2Br)o1. The maximum atomic E-state index is 8.64. The molecule has 4 saturated carbocycles. The van der Waals surface area contributed by atoms with Crippen LogP contribution in [-0.4, -0.2) is 11.4 Å². The number of hydrogen-bond donors (Lipinski definition) is 1. The number of nitrogens with zero attached hydrogens (tertiary/aromatic N) is 1. The van der Waals surface area contributed by atoms with Crippen LogP contribution in [0.3, 0.4) is 0 Å². The van der Waals surface area contributed by atoms with E-state index < -0.39 is 0 Å². The molecule has 1 heterocycles. The normalized spacial score (nSPS) is 33.4. The van der Waals surface area contributed by atoms with Gasteiger partial charge >= 0.3 is 0 Å². The summed E-state index contributed by atoms with van der Waals surface area (Å²) in [4.78, 5) is 0. The molecule has 6 rings (SSSR count). The molecular weight excluding hydrogens is 378 g/mol. The average Bonchev–Trinajstić information content (AvgIpc) is 3.02. The molecule has 1 aromatic heterocycles. The van der Waals surface area contributed by atoms with Crippen LogP contribution in [-0.2, 0) is 5.41 Å². The van der Waals surface area contributed by atoms with Crippen LogP contribution >= 0.6 is 15.9 Å². The van der Waals surface area contributed by atoms with E-state index in [2.05, 4.69) is 39.3 Å². The minimum atomic E-state index is 0.410. The fraction of sp³-hybridized carbons (Fsp3) is 0.476. The maximum absolute atomic E-state index is 8.64. The summed E-state index contributed by atoms with van der Waals surface area (Å²) in [5, 5.41) is 11.7. The van der Waals surface area contributed by atoms with Gasteiger partial charge in [0.05, 0.1) is 0 Å². The van der Waals surface area contributed by atoms with Gasteiger partial charge in [0.2, 0.25) is 0 Å². The maximum Gasteiger partial charge on any atom is 0.149 e. The third kappa shape index (κ3) is 2.57. The van der Waals surface area contributed by atoms with Crippen LogP contribution in [0, 0.1) is 17.8 Å². The number of benzene rings is 1. The van der Waals surface area contributed by atoms with Gasteiger partial charge in [-0.25, -0.2) is 0 Å². The summed E-state index contributed by atoms with van der Waals surface area (Å²) >= 11 is 3.77. The first-order valence-corrected chi connectivity index (χ1v) is 10.0. The highest BCUT2D eigenvalue weighted by Gasteiger charge is 2.51. The van der Waals surface area contributed by atoms with Gasteiger partial charge in [-0.05, 0) is 91.5 Å². The second kappa shape index (κ2) is 5.73. The minimum Gasteiger partial charge on any atom is -0.455 e. The van der Waals surface area contributed by atoms with Gasteiger partial charge in [-0.3, -0.25) is 0 Å². The second-order valence-electron chi connectivity index (χ2n) is 8.34. The Morgan fingerprint density at radius 3 is 2.32 bits per heavy atom. The van der Waals surface area contributed by atoms with Crippen molar-refractivity contribution in [3.05, 3.63) is 46.1 Å². The molecular formula is C21H22BrNO2. The zero-order valence-electron chi connectivity index (χ0n) is 14.1. The molecule has 0 unspecified atom stereocenters. The monoisotopic (exact) mass is 399 g/mol. The van der Waals surface area contributed by atoms with Gasteiger partial charge in [-0.15, -0.1) is 0 Å². The first-order chi connectivity index (χ1) is 12.1. The van der Waals surface area contributed by atoms with Crippen molar-refractivity contribution in [3.8, 4) is 11.3 Å². The molecule has 0 aliphatic heterocycles. The summed E-state index contributed by atoms with van der Waals surface area (Å²) in [6.07, 6.45) is 9.86. The third-order valence-corrected chi connectivity index (χ3v) is 7.35. The van der Waals surface area contributed by atoms with E-state index in [1.54, 1.807) is 0 Å². The van der Waals surface area contributed by atoms with Gasteiger partial charge in [0.1, 0.15) is 17.7 Å². The van der Waals surface area contributed by atoms with Crippen molar-refractivity contribution in [2.45, 2.75) is 43.9 Å². The average molecular weight is 400 g/mol. The van der Waals surface area contributed by atoms with Gasteiger partial charge in [0, 0.05) is 10.0 Å². The standard InChI is InChI=1S/C21H22BrNO2/c22-19-8-16(1-3-18(19)20-4-2-17(25-20)12-23-24)21-9-13-5-14(10-21)7-15(6-13)11-21/h1-4,8,12-15,24H,5-7,9-11H2/b23-12+. The van der Waals surface area contributed by atoms with Crippen molar-refractivity contribution >= 4 is 22.1 Å². The Balaban J connectivity index is 1.49. The van der Waals surface area contributed by atoms with E-state index in [1.807, 2.05) is 12.1 Å². The van der Waals surface area contributed by atoms with Crippen molar-refractivity contribution in [2.75, 3.05) is 0 Å². The first-order valence-electron chi connectivity index (χ1n) is 9.23. The lowest BCUT2D eigenvalue weighted by molar-refractivity contribution is -0.00520. The molecule has 4 aliphatic carbocycles. The topological polar surface area (TPSA) is 45.7 Å². The van der Waals surface area contributed by atoms with Crippen LogP contribution in [0.25, 0.3) is 11.3 Å². The molecule has 0 radical (unpaired) electrons. The highest BCUT2D eigenvalue weighted by molar-refractivity contribution is 9.10. The van der Waals surface area contributed by atoms with Crippen LogP contribution in [0.1, 0.15) is 49.8 Å². The number of hydrogen-bond acceptors (Lipinski definition) is 3. The van der Waals surface area contributed by atoms with E-state index in [0.29, 0.717) is 11.2 Å². The Labute approximate surface area is 156 Å². The van der Waals surface area contributed by atoms with Crippen LogP contribution < -0.4 is 0 Å². The lowest BCUT2D eigenvalue weighted by atomic mass is 9.48. The van der Waals surface area contributed by atoms with Crippen molar-refractivity contribution in [2.24, 2.45) is 22.9 Å². The molecule has 0 amide bonds. The van der Waals surface area contributed by atoms with Gasteiger partial charge in [0.15, 0.2) is 0 Å². The van der Waals surface area contributed by atoms with Crippen molar-refractivity contribution in [1.82, 2.24) is 0 Å². The molecule has 4 bridgehead atoms. The summed E-state index contributed by atoms with van der Waals surface area (Å²) in [5.74, 6) is 4.20. The number of oxime groups is 1. The van der Waals surface area contributed by atoms with E-state index in [1.165, 1.54) is 50.3 Å². The lowest BCUT2D eigenvalue weighted by Crippen LogP contribution is -2.48. The minimum absolute atomic E-state index is 0.410. The molecule has 0 atom stereocenters. The molecule has 25 heavy (non-hydrogen) atoms. The van der Waals surface area contributed by atoms with Crippen LogP contribution in [0.2, 0.25) is 0 Å². The molecule has 130 valence electrons. The molecule has 1 aromatic carbocycles. The van der Waals surface area contributed by atoms with Gasteiger partial charge in [-0.1, -0.05) is 27.2 Å². The Morgan fingerprint density at radius 1 is 1.04 bits per heavy atom. The lowest BCUT2D eigenvalue weighted by Gasteiger charge is -2.57. The molecule has 4 aliphatic rings. The fourth-order valence-electron chi connectivity index (χ4n) is 6.13. The van der Waals surface area contributed by atoms with Gasteiger partial charge in [-0.2, -0.15) is 0 Å². The highest BCUT2D eigenvalue weighted by atomic mass is 79.9. The summed E-state index contributed by atoms with van der Waals surface area (Å²) in [6.45, 7) is 0. The second-order valence-corrected chi connectivity index (χ2v) is 9.19. The summed E-state index contributed by atoms with van der Waals surface area (Å²) in [6, 6.07) is 10.5. The fourth-order valence-corrected chi connectivity index (χ4v) is 6.71. The number of halogens is 1. The van der Waals surface area contributed by atoms with E-state index in [0.717, 1.165) is 33.6 Å². The quantitative estimate of drug-likeness (QED) is 0.391. The molecule has 0 saturated heterocycles. The molecule has 0 spiro atoms. The van der Waals surface area contributed by atoms with Crippen LogP contribution in [0.5, 0.6) is 0 Å². The van der Waals surface area contributed by atoms with Crippen molar-refractivity contribution < 1.29 is 9.62 Å². The zero-order chi connectivity index (χ0) is 17.0. The molecule has 4 fully saturated rings. The smallest absolute Gasteiger partial charge is 0.149 e. The van der Waals surface area contributed by atoms with Crippen molar-refractivity contribution in [3.63, 3.8) is 0 Å². The van der Waals surface area contributed by atoms with E-state index in [9.17, 15) is 0 Å². The Hall–Kier alpha value is -1.55. The van der Waals surface area contributed by atoms with E-state index in [4.69, 9.17) is 9.62 Å². The zero-order valence-corrected chi connectivity index (χ0v) is 15.7. The van der Waals surface area contributed by atoms with E-state index >= 15 is 0 Å². The summed E-state index contributed by atoms with van der Waals surface area (Å²) < 4.78 is 6.83. The summed E-state index contributed by atoms with van der Waals surface area (Å²) in [7, 11) is 0. The van der Waals surface area contributed by atoms with Crippen LogP contribution in [0.15, 0.2) is 44.4 Å². The Bertz CT molecular complexity index is 803. The van der Waals surface area contributed by atoms with Gasteiger partial charge in [0.25, 0.3) is 0 Å². The predicted molar refractivity (Wildman–Crippen MR) is 101 cm³/mol. The van der Waals surface area contributed by atoms with Crippen LogP contribution in [0.4, 0.5) is 0 Å². The molecule has 2 aromatic rings. The predicted octanol–water partition coefficient (Wildman–Crippen LogP) is 5.99. The Morgan fingerprint density at radius 2 is 1.72 bits per heavy atom.